The number of rotatable bonds is 0. The van der Waals surface area contributed by atoms with Gasteiger partial charge in [0.1, 0.15) is 5.82 Å². The van der Waals surface area contributed by atoms with Crippen molar-refractivity contribution in [3.8, 4) is 6.07 Å². The summed E-state index contributed by atoms with van der Waals surface area (Å²) < 4.78 is 12.9. The van der Waals surface area contributed by atoms with Crippen molar-refractivity contribution in [2.75, 3.05) is 0 Å². The summed E-state index contributed by atoms with van der Waals surface area (Å²) in [6.07, 6.45) is 0.712. The summed E-state index contributed by atoms with van der Waals surface area (Å²) in [5.41, 5.74) is 1.59. The Morgan fingerprint density at radius 2 is 2.36 bits per heavy atom. The Balaban J connectivity index is 2.53. The average molecular weight is 147 g/mol. The minimum Gasteiger partial charge on any atom is -0.207 e. The van der Waals surface area contributed by atoms with Gasteiger partial charge < -0.3 is 0 Å². The van der Waals surface area contributed by atoms with Crippen molar-refractivity contribution in [1.29, 1.82) is 5.26 Å². The lowest BCUT2D eigenvalue weighted by atomic mass is 9.78. The van der Waals surface area contributed by atoms with Crippen LogP contribution in [0, 0.1) is 17.1 Å². The minimum absolute atomic E-state index is 0.203. The molecule has 1 aromatic rings. The van der Waals surface area contributed by atoms with Gasteiger partial charge in [0.25, 0.3) is 0 Å². The summed E-state index contributed by atoms with van der Waals surface area (Å²) >= 11 is 0. The molecule has 0 radical (unpaired) electrons. The van der Waals surface area contributed by atoms with Crippen LogP contribution in [-0.2, 0) is 6.42 Å². The van der Waals surface area contributed by atoms with E-state index in [9.17, 15) is 4.39 Å². The third kappa shape index (κ3) is 0.743. The Bertz CT molecular complexity index is 324. The maximum atomic E-state index is 12.9. The second-order valence-electron chi connectivity index (χ2n) is 2.70. The highest BCUT2D eigenvalue weighted by Gasteiger charge is 2.28. The normalized spacial score (nSPS) is 19.8. The fourth-order valence-electron chi connectivity index (χ4n) is 1.45. The number of hydrogen-bond acceptors (Lipinski definition) is 1. The molecule has 1 aliphatic rings. The summed E-state index contributed by atoms with van der Waals surface area (Å²) in [7, 11) is 0. The van der Waals surface area contributed by atoms with E-state index in [4.69, 9.17) is 5.26 Å². The molecule has 0 saturated carbocycles. The van der Waals surface area contributed by atoms with Gasteiger partial charge in [-0.25, -0.2) is 4.39 Å². The topological polar surface area (TPSA) is 23.8 Å². The van der Waals surface area contributed by atoms with Gasteiger partial charge in [0.2, 0.25) is 0 Å². The predicted molar refractivity (Wildman–Crippen MR) is 38.5 cm³/mol. The van der Waals surface area contributed by atoms with Gasteiger partial charge in [-0.15, -0.1) is 0 Å². The van der Waals surface area contributed by atoms with Crippen molar-refractivity contribution in [3.63, 3.8) is 0 Å². The van der Waals surface area contributed by atoms with Crippen LogP contribution in [0.3, 0.4) is 0 Å². The van der Waals surface area contributed by atoms with E-state index in [2.05, 4.69) is 6.07 Å². The minimum atomic E-state index is -0.236. The average Bonchev–Trinajstić information content (AvgIpc) is 1.93. The largest absolute Gasteiger partial charge is 0.207 e. The fourth-order valence-corrected chi connectivity index (χ4v) is 1.45. The SMILES string of the molecule is N#CC1Cc2cccc(F)c21. The van der Waals surface area contributed by atoms with E-state index in [0.717, 1.165) is 5.56 Å². The maximum Gasteiger partial charge on any atom is 0.128 e. The lowest BCUT2D eigenvalue weighted by Gasteiger charge is -2.24. The molecule has 1 aromatic carbocycles. The molecule has 0 fully saturated rings. The molecule has 1 atom stereocenters. The lowest BCUT2D eigenvalue weighted by Crippen LogP contribution is -2.17. The molecule has 0 heterocycles. The first-order chi connectivity index (χ1) is 5.33. The molecular weight excluding hydrogens is 141 g/mol. The van der Waals surface area contributed by atoms with Crippen LogP contribution in [0.15, 0.2) is 18.2 Å². The summed E-state index contributed by atoms with van der Waals surface area (Å²) in [5, 5.41) is 8.54. The Hall–Kier alpha value is -1.36. The quantitative estimate of drug-likeness (QED) is 0.550. The van der Waals surface area contributed by atoms with Gasteiger partial charge in [-0.2, -0.15) is 5.26 Å². The summed E-state index contributed by atoms with van der Waals surface area (Å²) in [6.45, 7) is 0. The van der Waals surface area contributed by atoms with Crippen LogP contribution in [0.2, 0.25) is 0 Å². The van der Waals surface area contributed by atoms with E-state index in [-0.39, 0.29) is 11.7 Å². The van der Waals surface area contributed by atoms with Crippen molar-refractivity contribution in [2.24, 2.45) is 0 Å². The van der Waals surface area contributed by atoms with Crippen molar-refractivity contribution in [2.45, 2.75) is 12.3 Å². The Labute approximate surface area is 64.1 Å². The van der Waals surface area contributed by atoms with Gasteiger partial charge in [-0.3, -0.25) is 0 Å². The molecule has 0 amide bonds. The molecule has 2 rings (SSSR count). The van der Waals surface area contributed by atoms with Crippen LogP contribution >= 0.6 is 0 Å². The summed E-state index contributed by atoms with van der Waals surface area (Å²) in [4.78, 5) is 0. The number of halogens is 1. The molecule has 0 aliphatic heterocycles. The molecule has 11 heavy (non-hydrogen) atoms. The van der Waals surface area contributed by atoms with E-state index < -0.39 is 0 Å². The van der Waals surface area contributed by atoms with Crippen LogP contribution in [0.25, 0.3) is 0 Å². The fraction of sp³-hybridized carbons (Fsp3) is 0.222. The van der Waals surface area contributed by atoms with Crippen LogP contribution in [0.4, 0.5) is 4.39 Å². The first-order valence-electron chi connectivity index (χ1n) is 3.50. The zero-order chi connectivity index (χ0) is 7.84. The highest BCUT2D eigenvalue weighted by molar-refractivity contribution is 5.44. The molecular formula is C9H6FN. The first kappa shape index (κ1) is 6.36. The Kier molecular flexibility index (Phi) is 1.19. The Morgan fingerprint density at radius 3 is 3.00 bits per heavy atom. The maximum absolute atomic E-state index is 12.9. The number of nitrogens with zero attached hydrogens (tertiary/aromatic N) is 1. The van der Waals surface area contributed by atoms with Crippen LogP contribution in [0.5, 0.6) is 0 Å². The number of nitriles is 1. The van der Waals surface area contributed by atoms with Crippen molar-refractivity contribution in [1.82, 2.24) is 0 Å². The number of hydrogen-bond donors (Lipinski definition) is 0. The van der Waals surface area contributed by atoms with E-state index in [1.807, 2.05) is 6.07 Å². The molecule has 0 N–H and O–H groups in total. The van der Waals surface area contributed by atoms with E-state index in [1.54, 1.807) is 6.07 Å². The third-order valence-electron chi connectivity index (χ3n) is 2.07. The lowest BCUT2D eigenvalue weighted by molar-refractivity contribution is 0.572. The second kappa shape index (κ2) is 2.06. The molecule has 1 unspecified atom stereocenters. The van der Waals surface area contributed by atoms with Crippen LogP contribution in [0.1, 0.15) is 17.0 Å². The van der Waals surface area contributed by atoms with E-state index in [1.165, 1.54) is 6.07 Å². The molecule has 0 spiro atoms. The highest BCUT2D eigenvalue weighted by atomic mass is 19.1. The van der Waals surface area contributed by atoms with Crippen molar-refractivity contribution >= 4 is 0 Å². The van der Waals surface area contributed by atoms with Gasteiger partial charge in [-0.1, -0.05) is 12.1 Å². The first-order valence-corrected chi connectivity index (χ1v) is 3.50. The van der Waals surface area contributed by atoms with Gasteiger partial charge >= 0.3 is 0 Å². The number of benzene rings is 1. The molecule has 1 nitrogen and oxygen atoms in total. The standard InChI is InChI=1S/C9H6FN/c10-8-3-1-2-6-4-7(5-11)9(6)8/h1-3,7H,4H2. The zero-order valence-electron chi connectivity index (χ0n) is 5.84. The molecule has 0 bridgehead atoms. The molecule has 1 aliphatic carbocycles. The molecule has 54 valence electrons. The van der Waals surface area contributed by atoms with Crippen molar-refractivity contribution < 1.29 is 4.39 Å². The molecule has 0 saturated heterocycles. The van der Waals surface area contributed by atoms with Gasteiger partial charge in [0.15, 0.2) is 0 Å². The van der Waals surface area contributed by atoms with E-state index in [0.29, 0.717) is 12.0 Å². The second-order valence-corrected chi connectivity index (χ2v) is 2.70. The molecule has 2 heteroatoms. The Morgan fingerprint density at radius 1 is 1.55 bits per heavy atom. The van der Waals surface area contributed by atoms with Crippen molar-refractivity contribution in [3.05, 3.63) is 35.1 Å². The predicted octanol–water partition coefficient (Wildman–Crippen LogP) is 1.99. The van der Waals surface area contributed by atoms with E-state index >= 15 is 0 Å². The zero-order valence-corrected chi connectivity index (χ0v) is 5.84. The monoisotopic (exact) mass is 147 g/mol. The summed E-state index contributed by atoms with van der Waals surface area (Å²) in [5.74, 6) is -0.438. The highest BCUT2D eigenvalue weighted by Crippen LogP contribution is 2.35. The summed E-state index contributed by atoms with van der Waals surface area (Å²) in [6, 6.07) is 7.01. The van der Waals surface area contributed by atoms with Gasteiger partial charge in [0, 0.05) is 5.56 Å². The van der Waals surface area contributed by atoms with Gasteiger partial charge in [-0.05, 0) is 18.1 Å². The smallest absolute Gasteiger partial charge is 0.128 e. The molecule has 0 aromatic heterocycles. The number of fused-ring (bicyclic) bond motifs is 1. The third-order valence-corrected chi connectivity index (χ3v) is 2.07. The van der Waals surface area contributed by atoms with Crippen LogP contribution in [-0.4, -0.2) is 0 Å². The van der Waals surface area contributed by atoms with Crippen LogP contribution < -0.4 is 0 Å². The van der Waals surface area contributed by atoms with Gasteiger partial charge in [0.05, 0.1) is 12.0 Å².